The van der Waals surface area contributed by atoms with Gasteiger partial charge in [-0.3, -0.25) is 0 Å². The van der Waals surface area contributed by atoms with Crippen molar-refractivity contribution in [2.75, 3.05) is 7.11 Å². The van der Waals surface area contributed by atoms with E-state index in [9.17, 15) is 4.79 Å². The maximum Gasteiger partial charge on any atom is 0.328 e. The first-order valence-electron chi connectivity index (χ1n) is 6.45. The molecule has 0 bridgehead atoms. The van der Waals surface area contributed by atoms with E-state index in [2.05, 4.69) is 0 Å². The van der Waals surface area contributed by atoms with Crippen LogP contribution in [0, 0.1) is 0 Å². The zero-order valence-electron chi connectivity index (χ0n) is 11.7. The highest BCUT2D eigenvalue weighted by molar-refractivity contribution is 7.98. The monoisotopic (exact) mass is 300 g/mol. The number of aliphatic carboxylic acids is 1. The summed E-state index contributed by atoms with van der Waals surface area (Å²) in [5, 5.41) is 8.65. The number of carboxylic acids is 1. The quantitative estimate of drug-likeness (QED) is 0.645. The Morgan fingerprint density at radius 3 is 2.81 bits per heavy atom. The standard InChI is InChI=1S/C17H16O3S/c1-20-15-7-2-3-8-16(15)21-12-14-6-4-5-13(11-14)9-10-17(18)19/h2-11H,12H2,1H3,(H,18,19). The molecule has 2 rings (SSSR count). The predicted octanol–water partition coefficient (Wildman–Crippen LogP) is 4.09. The van der Waals surface area contributed by atoms with Crippen LogP contribution in [0.2, 0.25) is 0 Å². The van der Waals surface area contributed by atoms with Crippen LogP contribution in [0.5, 0.6) is 5.75 Å². The molecule has 2 aromatic carbocycles. The molecule has 21 heavy (non-hydrogen) atoms. The van der Waals surface area contributed by atoms with Crippen molar-refractivity contribution in [3.63, 3.8) is 0 Å². The summed E-state index contributed by atoms with van der Waals surface area (Å²) < 4.78 is 5.33. The van der Waals surface area contributed by atoms with E-state index < -0.39 is 5.97 Å². The summed E-state index contributed by atoms with van der Waals surface area (Å²) in [6, 6.07) is 15.7. The Hall–Kier alpha value is -2.20. The fraction of sp³-hybridized carbons (Fsp3) is 0.118. The Kier molecular flexibility index (Phi) is 5.46. The Balaban J connectivity index is 2.06. The molecule has 0 aromatic heterocycles. The molecule has 0 fully saturated rings. The van der Waals surface area contributed by atoms with Crippen LogP contribution in [0.1, 0.15) is 11.1 Å². The van der Waals surface area contributed by atoms with Gasteiger partial charge in [0.05, 0.1) is 7.11 Å². The van der Waals surface area contributed by atoms with E-state index in [-0.39, 0.29) is 0 Å². The van der Waals surface area contributed by atoms with Crippen LogP contribution < -0.4 is 4.74 Å². The Morgan fingerprint density at radius 2 is 2.05 bits per heavy atom. The van der Waals surface area contributed by atoms with Crippen molar-refractivity contribution in [3.05, 3.63) is 65.7 Å². The van der Waals surface area contributed by atoms with Crippen molar-refractivity contribution >= 4 is 23.8 Å². The fourth-order valence-corrected chi connectivity index (χ4v) is 2.82. The van der Waals surface area contributed by atoms with Crippen molar-refractivity contribution < 1.29 is 14.6 Å². The van der Waals surface area contributed by atoms with Crippen LogP contribution in [0.25, 0.3) is 6.08 Å². The molecular formula is C17H16O3S. The van der Waals surface area contributed by atoms with Crippen LogP contribution in [-0.4, -0.2) is 18.2 Å². The second-order valence-corrected chi connectivity index (χ2v) is 5.37. The molecule has 4 heteroatoms. The van der Waals surface area contributed by atoms with Gasteiger partial charge in [0.2, 0.25) is 0 Å². The number of hydrogen-bond donors (Lipinski definition) is 1. The third-order valence-corrected chi connectivity index (χ3v) is 3.96. The lowest BCUT2D eigenvalue weighted by molar-refractivity contribution is -0.131. The van der Waals surface area contributed by atoms with Crippen LogP contribution in [0.15, 0.2) is 59.5 Å². The third-order valence-electron chi connectivity index (χ3n) is 2.83. The second kappa shape index (κ2) is 7.55. The lowest BCUT2D eigenvalue weighted by Crippen LogP contribution is -1.88. The number of para-hydroxylation sites is 1. The molecule has 2 aromatic rings. The maximum absolute atomic E-state index is 10.5. The second-order valence-electron chi connectivity index (χ2n) is 4.36. The van der Waals surface area contributed by atoms with E-state index >= 15 is 0 Å². The van der Waals surface area contributed by atoms with E-state index in [0.717, 1.165) is 33.6 Å². The zero-order chi connectivity index (χ0) is 15.1. The minimum Gasteiger partial charge on any atom is -0.496 e. The Labute approximate surface area is 128 Å². The highest BCUT2D eigenvalue weighted by atomic mass is 32.2. The minimum absolute atomic E-state index is 0.801. The van der Waals surface area contributed by atoms with Crippen molar-refractivity contribution in [3.8, 4) is 5.75 Å². The van der Waals surface area contributed by atoms with Crippen LogP contribution in [-0.2, 0) is 10.5 Å². The molecule has 0 aliphatic carbocycles. The van der Waals surface area contributed by atoms with Gasteiger partial charge in [-0.15, -0.1) is 11.8 Å². The van der Waals surface area contributed by atoms with Gasteiger partial charge in [0.1, 0.15) is 5.75 Å². The normalized spacial score (nSPS) is 10.7. The fourth-order valence-electron chi connectivity index (χ4n) is 1.85. The number of benzene rings is 2. The number of ether oxygens (including phenoxy) is 1. The summed E-state index contributed by atoms with van der Waals surface area (Å²) in [5.41, 5.74) is 2.02. The van der Waals surface area contributed by atoms with Gasteiger partial charge in [-0.2, -0.15) is 0 Å². The van der Waals surface area contributed by atoms with E-state index in [4.69, 9.17) is 9.84 Å². The van der Waals surface area contributed by atoms with Gasteiger partial charge >= 0.3 is 5.97 Å². The van der Waals surface area contributed by atoms with Gasteiger partial charge in [-0.1, -0.05) is 36.4 Å². The molecule has 0 heterocycles. The topological polar surface area (TPSA) is 46.5 Å². The smallest absolute Gasteiger partial charge is 0.328 e. The molecule has 108 valence electrons. The molecule has 1 N–H and O–H groups in total. The van der Waals surface area contributed by atoms with Crippen LogP contribution >= 0.6 is 11.8 Å². The molecule has 0 saturated carbocycles. The minimum atomic E-state index is -0.941. The molecule has 0 spiro atoms. The zero-order valence-corrected chi connectivity index (χ0v) is 12.5. The first kappa shape index (κ1) is 15.2. The van der Waals surface area contributed by atoms with Crippen molar-refractivity contribution in [2.24, 2.45) is 0 Å². The first-order valence-corrected chi connectivity index (χ1v) is 7.43. The molecule has 0 aliphatic rings. The highest BCUT2D eigenvalue weighted by Crippen LogP contribution is 2.31. The van der Waals surface area contributed by atoms with Gasteiger partial charge in [0.15, 0.2) is 0 Å². The predicted molar refractivity (Wildman–Crippen MR) is 85.7 cm³/mol. The summed E-state index contributed by atoms with van der Waals surface area (Å²) in [6.45, 7) is 0. The van der Waals surface area contributed by atoms with Gasteiger partial charge in [0.25, 0.3) is 0 Å². The highest BCUT2D eigenvalue weighted by Gasteiger charge is 2.03. The average molecular weight is 300 g/mol. The van der Waals surface area contributed by atoms with E-state index in [1.807, 2.05) is 48.5 Å². The molecule has 3 nitrogen and oxygen atoms in total. The number of carbonyl (C=O) groups is 1. The Bertz CT molecular complexity index is 650. The summed E-state index contributed by atoms with van der Waals surface area (Å²) in [4.78, 5) is 11.6. The molecule has 0 unspecified atom stereocenters. The average Bonchev–Trinajstić information content (AvgIpc) is 2.51. The third kappa shape index (κ3) is 4.68. The van der Waals surface area contributed by atoms with Crippen molar-refractivity contribution in [1.82, 2.24) is 0 Å². The SMILES string of the molecule is COc1ccccc1SCc1cccc(C=CC(=O)O)c1. The molecular weight excluding hydrogens is 284 g/mol. The number of rotatable bonds is 6. The van der Waals surface area contributed by atoms with Crippen LogP contribution in [0.3, 0.4) is 0 Å². The number of methoxy groups -OCH3 is 1. The largest absolute Gasteiger partial charge is 0.496 e. The maximum atomic E-state index is 10.5. The Morgan fingerprint density at radius 1 is 1.24 bits per heavy atom. The summed E-state index contributed by atoms with van der Waals surface area (Å²) in [7, 11) is 1.66. The van der Waals surface area contributed by atoms with Gasteiger partial charge < -0.3 is 9.84 Å². The number of hydrogen-bond acceptors (Lipinski definition) is 3. The van der Waals surface area contributed by atoms with E-state index in [0.29, 0.717) is 0 Å². The van der Waals surface area contributed by atoms with Crippen LogP contribution in [0.4, 0.5) is 0 Å². The van der Waals surface area contributed by atoms with E-state index in [1.54, 1.807) is 24.9 Å². The summed E-state index contributed by atoms with van der Waals surface area (Å²) >= 11 is 1.69. The summed E-state index contributed by atoms with van der Waals surface area (Å²) in [5.74, 6) is 0.725. The molecule has 0 saturated heterocycles. The van der Waals surface area contributed by atoms with Crippen molar-refractivity contribution in [2.45, 2.75) is 10.6 Å². The first-order chi connectivity index (χ1) is 10.2. The van der Waals surface area contributed by atoms with E-state index in [1.165, 1.54) is 0 Å². The molecule has 0 amide bonds. The summed E-state index contributed by atoms with van der Waals surface area (Å²) in [6.07, 6.45) is 2.74. The molecule has 0 radical (unpaired) electrons. The lowest BCUT2D eigenvalue weighted by Gasteiger charge is -2.08. The molecule has 0 atom stereocenters. The van der Waals surface area contributed by atoms with Gasteiger partial charge in [-0.05, 0) is 29.3 Å². The lowest BCUT2D eigenvalue weighted by atomic mass is 10.1. The number of carboxylic acid groups (broad SMARTS) is 1. The van der Waals surface area contributed by atoms with Gasteiger partial charge in [-0.25, -0.2) is 4.79 Å². The van der Waals surface area contributed by atoms with Gasteiger partial charge in [0, 0.05) is 16.7 Å². The number of thioether (sulfide) groups is 1. The van der Waals surface area contributed by atoms with Crippen molar-refractivity contribution in [1.29, 1.82) is 0 Å². The molecule has 0 aliphatic heterocycles.